The molecule has 20 heavy (non-hydrogen) atoms. The van der Waals surface area contributed by atoms with Crippen LogP contribution < -0.4 is 10.1 Å². The number of halogens is 2. The number of rotatable bonds is 7. The summed E-state index contributed by atoms with van der Waals surface area (Å²) in [5.74, 6) is -0.198. The van der Waals surface area contributed by atoms with E-state index in [1.807, 2.05) is 0 Å². The predicted octanol–water partition coefficient (Wildman–Crippen LogP) is 2.63. The van der Waals surface area contributed by atoms with Crippen LogP contribution in [0.25, 0.3) is 0 Å². The maximum absolute atomic E-state index is 12.3. The topological polar surface area (TPSA) is 58.6 Å². The van der Waals surface area contributed by atoms with E-state index in [1.54, 1.807) is 32.0 Å². The largest absolute Gasteiger partial charge is 0.434 e. The number of amides is 1. The number of aliphatic hydroxyl groups excluding tert-OH is 1. The number of nitrogens with one attached hydrogen (secondary N) is 1. The first-order chi connectivity index (χ1) is 9.40. The number of ether oxygens (including phenoxy) is 1. The zero-order chi connectivity index (χ0) is 15.1. The number of carbonyl (C=O) groups is 1. The molecule has 0 saturated carbocycles. The second kappa shape index (κ2) is 7.79. The average molecular weight is 287 g/mol. The molecule has 4 nitrogen and oxygen atoms in total. The van der Waals surface area contributed by atoms with Gasteiger partial charge in [0.15, 0.2) is 0 Å². The van der Waals surface area contributed by atoms with Gasteiger partial charge in [-0.1, -0.05) is 18.2 Å². The fourth-order valence-corrected chi connectivity index (χ4v) is 1.77. The summed E-state index contributed by atoms with van der Waals surface area (Å²) < 4.78 is 29.0. The first-order valence-electron chi connectivity index (χ1n) is 6.41. The van der Waals surface area contributed by atoms with Crippen molar-refractivity contribution < 1.29 is 23.4 Å². The van der Waals surface area contributed by atoms with Crippen LogP contribution >= 0.6 is 0 Å². The van der Waals surface area contributed by atoms with Gasteiger partial charge in [0.1, 0.15) is 5.75 Å². The van der Waals surface area contributed by atoms with Crippen LogP contribution in [0.4, 0.5) is 8.78 Å². The van der Waals surface area contributed by atoms with Crippen molar-refractivity contribution in [2.75, 3.05) is 0 Å². The zero-order valence-corrected chi connectivity index (χ0v) is 11.5. The first kappa shape index (κ1) is 16.4. The maximum Gasteiger partial charge on any atom is 0.387 e. The molecule has 6 heteroatoms. The van der Waals surface area contributed by atoms with E-state index >= 15 is 0 Å². The van der Waals surface area contributed by atoms with Crippen LogP contribution in [0.15, 0.2) is 24.3 Å². The van der Waals surface area contributed by atoms with E-state index in [-0.39, 0.29) is 18.1 Å². The lowest BCUT2D eigenvalue weighted by Crippen LogP contribution is -2.27. The Morgan fingerprint density at radius 1 is 1.35 bits per heavy atom. The van der Waals surface area contributed by atoms with E-state index < -0.39 is 18.8 Å². The van der Waals surface area contributed by atoms with E-state index in [2.05, 4.69) is 10.1 Å². The summed E-state index contributed by atoms with van der Waals surface area (Å²) in [6.45, 7) is 0.380. The van der Waals surface area contributed by atoms with Crippen LogP contribution in [-0.4, -0.2) is 23.7 Å². The van der Waals surface area contributed by atoms with Gasteiger partial charge in [-0.2, -0.15) is 8.78 Å². The molecular weight excluding hydrogens is 268 g/mol. The van der Waals surface area contributed by atoms with E-state index in [1.165, 1.54) is 6.07 Å². The Kier molecular flexibility index (Phi) is 6.38. The van der Waals surface area contributed by atoms with E-state index in [4.69, 9.17) is 5.11 Å². The third-order valence-electron chi connectivity index (χ3n) is 2.77. The van der Waals surface area contributed by atoms with Gasteiger partial charge in [0, 0.05) is 12.0 Å². The van der Waals surface area contributed by atoms with Crippen molar-refractivity contribution in [2.24, 2.45) is 0 Å². The fraction of sp³-hybridized carbons (Fsp3) is 0.500. The van der Waals surface area contributed by atoms with Gasteiger partial charge in [-0.25, -0.2) is 0 Å². The molecule has 1 aromatic rings. The second-order valence-corrected chi connectivity index (χ2v) is 4.59. The lowest BCUT2D eigenvalue weighted by atomic mass is 10.1. The highest BCUT2D eigenvalue weighted by Crippen LogP contribution is 2.26. The van der Waals surface area contributed by atoms with E-state index in [0.717, 1.165) is 0 Å². The molecule has 112 valence electrons. The molecule has 1 aromatic carbocycles. The average Bonchev–Trinajstić information content (AvgIpc) is 2.36. The number of aliphatic hydroxyl groups is 1. The van der Waals surface area contributed by atoms with Crippen molar-refractivity contribution in [3.05, 3.63) is 29.8 Å². The lowest BCUT2D eigenvalue weighted by Gasteiger charge is -2.18. The molecule has 0 fully saturated rings. The van der Waals surface area contributed by atoms with E-state index in [0.29, 0.717) is 12.0 Å². The molecule has 2 atom stereocenters. The summed E-state index contributed by atoms with van der Waals surface area (Å²) in [7, 11) is 0. The first-order valence-corrected chi connectivity index (χ1v) is 6.41. The molecule has 1 rings (SSSR count). The standard InChI is InChI=1S/C14H19F2NO3/c1-9(18)7-8-13(19)17-10(2)11-5-3-4-6-12(11)20-14(15)16/h3-6,9-10,14,18H,7-8H2,1-2H3,(H,17,19). The number of para-hydroxylation sites is 1. The quantitative estimate of drug-likeness (QED) is 0.810. The van der Waals surface area contributed by atoms with Crippen molar-refractivity contribution >= 4 is 5.91 Å². The Balaban J connectivity index is 2.67. The van der Waals surface area contributed by atoms with Gasteiger partial charge in [0.2, 0.25) is 5.91 Å². The highest BCUT2D eigenvalue weighted by molar-refractivity contribution is 5.76. The predicted molar refractivity (Wildman–Crippen MR) is 70.5 cm³/mol. The Hall–Kier alpha value is -1.69. The molecule has 0 aliphatic carbocycles. The zero-order valence-electron chi connectivity index (χ0n) is 11.5. The third-order valence-corrected chi connectivity index (χ3v) is 2.77. The van der Waals surface area contributed by atoms with Crippen LogP contribution in [-0.2, 0) is 4.79 Å². The molecule has 1 amide bonds. The minimum Gasteiger partial charge on any atom is -0.434 e. The highest BCUT2D eigenvalue weighted by atomic mass is 19.3. The second-order valence-electron chi connectivity index (χ2n) is 4.59. The van der Waals surface area contributed by atoms with Crippen LogP contribution in [0, 0.1) is 0 Å². The lowest BCUT2D eigenvalue weighted by molar-refractivity contribution is -0.122. The molecule has 0 saturated heterocycles. The number of benzene rings is 1. The van der Waals surface area contributed by atoms with Gasteiger partial charge >= 0.3 is 6.61 Å². The normalized spacial score (nSPS) is 13.9. The molecule has 0 aliphatic heterocycles. The van der Waals surface area contributed by atoms with Gasteiger partial charge in [-0.05, 0) is 26.3 Å². The summed E-state index contributed by atoms with van der Waals surface area (Å²) in [6, 6.07) is 5.87. The Labute approximate surface area is 116 Å². The summed E-state index contributed by atoms with van der Waals surface area (Å²) >= 11 is 0. The Bertz CT molecular complexity index is 438. The van der Waals surface area contributed by atoms with Crippen LogP contribution in [0.3, 0.4) is 0 Å². The van der Waals surface area contributed by atoms with Gasteiger partial charge in [-0.3, -0.25) is 4.79 Å². The van der Waals surface area contributed by atoms with Crippen molar-refractivity contribution in [1.82, 2.24) is 5.32 Å². The molecule has 0 aliphatic rings. The van der Waals surface area contributed by atoms with Crippen molar-refractivity contribution in [3.8, 4) is 5.75 Å². The molecule has 0 bridgehead atoms. The highest BCUT2D eigenvalue weighted by Gasteiger charge is 2.16. The number of hydrogen-bond acceptors (Lipinski definition) is 3. The van der Waals surface area contributed by atoms with Crippen molar-refractivity contribution in [2.45, 2.75) is 45.4 Å². The summed E-state index contributed by atoms with van der Waals surface area (Å²) in [4.78, 5) is 11.7. The van der Waals surface area contributed by atoms with Crippen LogP contribution in [0.1, 0.15) is 38.3 Å². The van der Waals surface area contributed by atoms with Crippen molar-refractivity contribution in [1.29, 1.82) is 0 Å². The molecule has 0 spiro atoms. The van der Waals surface area contributed by atoms with Crippen LogP contribution in [0.2, 0.25) is 0 Å². The summed E-state index contributed by atoms with van der Waals surface area (Å²) in [6.07, 6.45) is -0.0151. The van der Waals surface area contributed by atoms with Gasteiger partial charge in [0.25, 0.3) is 0 Å². The SMILES string of the molecule is CC(O)CCC(=O)NC(C)c1ccccc1OC(F)F. The molecule has 0 aromatic heterocycles. The fourth-order valence-electron chi connectivity index (χ4n) is 1.77. The maximum atomic E-state index is 12.3. The number of alkyl halides is 2. The van der Waals surface area contributed by atoms with E-state index in [9.17, 15) is 13.6 Å². The summed E-state index contributed by atoms with van der Waals surface area (Å²) in [5.41, 5.74) is 0.484. The summed E-state index contributed by atoms with van der Waals surface area (Å²) in [5, 5.41) is 11.8. The molecule has 2 unspecified atom stereocenters. The minimum atomic E-state index is -2.91. The van der Waals surface area contributed by atoms with Gasteiger partial charge < -0.3 is 15.2 Å². The third kappa shape index (κ3) is 5.52. The monoisotopic (exact) mass is 287 g/mol. The molecule has 0 heterocycles. The smallest absolute Gasteiger partial charge is 0.387 e. The molecule has 0 radical (unpaired) electrons. The van der Waals surface area contributed by atoms with Gasteiger partial charge in [-0.15, -0.1) is 0 Å². The molecule has 2 N–H and O–H groups in total. The van der Waals surface area contributed by atoms with Crippen LogP contribution in [0.5, 0.6) is 5.75 Å². The number of hydrogen-bond donors (Lipinski definition) is 2. The van der Waals surface area contributed by atoms with Crippen molar-refractivity contribution in [3.63, 3.8) is 0 Å². The Morgan fingerprint density at radius 2 is 2.00 bits per heavy atom. The number of carbonyl (C=O) groups excluding carboxylic acids is 1. The molecular formula is C14H19F2NO3. The van der Waals surface area contributed by atoms with Gasteiger partial charge in [0.05, 0.1) is 12.1 Å². The minimum absolute atomic E-state index is 0.0471. The Morgan fingerprint density at radius 3 is 2.60 bits per heavy atom.